The molecule has 0 fully saturated rings. The van der Waals surface area contributed by atoms with Gasteiger partial charge in [0.25, 0.3) is 5.91 Å². The molecule has 94 valence electrons. The maximum atomic E-state index is 12.1. The predicted molar refractivity (Wildman–Crippen MR) is 84.1 cm³/mol. The first-order valence-electron chi connectivity index (χ1n) is 5.64. The van der Waals surface area contributed by atoms with E-state index in [1.54, 1.807) is 11.3 Å². The van der Waals surface area contributed by atoms with Crippen molar-refractivity contribution in [1.29, 1.82) is 0 Å². The van der Waals surface area contributed by atoms with Gasteiger partial charge in [-0.05, 0) is 70.0 Å². The van der Waals surface area contributed by atoms with E-state index >= 15 is 0 Å². The number of carbonyl (C=O) groups excluding carboxylic acids is 1. The van der Waals surface area contributed by atoms with Crippen molar-refractivity contribution >= 4 is 39.8 Å². The van der Waals surface area contributed by atoms with E-state index in [2.05, 4.69) is 45.6 Å². The van der Waals surface area contributed by atoms with E-state index in [1.165, 1.54) is 11.1 Å². The highest BCUT2D eigenvalue weighted by Gasteiger charge is 2.11. The molecule has 1 aromatic carbocycles. The summed E-state index contributed by atoms with van der Waals surface area (Å²) >= 11 is 3.89. The van der Waals surface area contributed by atoms with Gasteiger partial charge in [0.1, 0.15) is 0 Å². The molecular formula is C14H14INOS. The van der Waals surface area contributed by atoms with Crippen LogP contribution in [0.2, 0.25) is 0 Å². The number of nitrogens with one attached hydrogen (secondary N) is 1. The number of halogens is 1. The van der Waals surface area contributed by atoms with Gasteiger partial charge in [0, 0.05) is 10.1 Å². The van der Waals surface area contributed by atoms with Gasteiger partial charge in [0.15, 0.2) is 0 Å². The van der Waals surface area contributed by atoms with Gasteiger partial charge in [-0.25, -0.2) is 0 Å². The van der Waals surface area contributed by atoms with E-state index in [9.17, 15) is 4.79 Å². The van der Waals surface area contributed by atoms with Crippen LogP contribution in [0, 0.1) is 17.4 Å². The second-order valence-corrected chi connectivity index (χ2v) is 6.02. The van der Waals surface area contributed by atoms with Crippen LogP contribution in [-0.2, 0) is 6.54 Å². The van der Waals surface area contributed by atoms with Gasteiger partial charge in [-0.1, -0.05) is 12.1 Å². The molecule has 2 nitrogen and oxygen atoms in total. The molecule has 0 unspecified atom stereocenters. The molecule has 2 rings (SSSR count). The Labute approximate surface area is 125 Å². The highest BCUT2D eigenvalue weighted by atomic mass is 127. The second-order valence-electron chi connectivity index (χ2n) is 4.20. The van der Waals surface area contributed by atoms with E-state index in [0.29, 0.717) is 6.54 Å². The largest absolute Gasteiger partial charge is 0.348 e. The molecule has 0 spiro atoms. The summed E-state index contributed by atoms with van der Waals surface area (Å²) in [5.41, 5.74) is 4.31. The number of aryl methyl sites for hydroxylation is 2. The van der Waals surface area contributed by atoms with Crippen LogP contribution in [0.3, 0.4) is 0 Å². The fraction of sp³-hybridized carbons (Fsp3) is 0.214. The molecule has 0 saturated heterocycles. The summed E-state index contributed by atoms with van der Waals surface area (Å²) in [5.74, 6) is -0.00583. The smallest absolute Gasteiger partial charge is 0.252 e. The van der Waals surface area contributed by atoms with Crippen molar-refractivity contribution in [3.8, 4) is 0 Å². The molecule has 1 amide bonds. The van der Waals surface area contributed by atoms with Crippen LogP contribution in [0.1, 0.15) is 27.0 Å². The van der Waals surface area contributed by atoms with Gasteiger partial charge < -0.3 is 5.32 Å². The average Bonchev–Trinajstić information content (AvgIpc) is 2.75. The summed E-state index contributed by atoms with van der Waals surface area (Å²) in [6.07, 6.45) is 0. The van der Waals surface area contributed by atoms with E-state index in [4.69, 9.17) is 0 Å². The van der Waals surface area contributed by atoms with Crippen molar-refractivity contribution in [2.45, 2.75) is 20.4 Å². The third-order valence-corrected chi connectivity index (χ3v) is 5.18. The number of thiophene rings is 1. The maximum absolute atomic E-state index is 12.1. The number of hydrogen-bond donors (Lipinski definition) is 1. The van der Waals surface area contributed by atoms with E-state index in [1.807, 2.05) is 25.1 Å². The van der Waals surface area contributed by atoms with Crippen molar-refractivity contribution < 1.29 is 4.79 Å². The fourth-order valence-corrected chi connectivity index (χ4v) is 3.12. The lowest BCUT2D eigenvalue weighted by Crippen LogP contribution is -2.24. The molecule has 1 heterocycles. The van der Waals surface area contributed by atoms with E-state index in [0.717, 1.165) is 14.7 Å². The van der Waals surface area contributed by atoms with Gasteiger partial charge in [0.05, 0.1) is 5.56 Å². The summed E-state index contributed by atoms with van der Waals surface area (Å²) in [5, 5.41) is 7.15. The first-order valence-corrected chi connectivity index (χ1v) is 7.66. The van der Waals surface area contributed by atoms with Crippen LogP contribution < -0.4 is 5.32 Å². The van der Waals surface area contributed by atoms with Crippen LogP contribution in [0.25, 0.3) is 0 Å². The van der Waals surface area contributed by atoms with Crippen molar-refractivity contribution in [3.63, 3.8) is 0 Å². The molecule has 2 aromatic rings. The monoisotopic (exact) mass is 371 g/mol. The average molecular weight is 371 g/mol. The van der Waals surface area contributed by atoms with Crippen molar-refractivity contribution in [2.24, 2.45) is 0 Å². The van der Waals surface area contributed by atoms with Gasteiger partial charge in [-0.2, -0.15) is 11.3 Å². The molecule has 0 saturated carbocycles. The SMILES string of the molecule is Cc1cscc1CNC(=O)c1cccc(C)c1I. The van der Waals surface area contributed by atoms with Crippen LogP contribution in [0.15, 0.2) is 29.0 Å². The van der Waals surface area contributed by atoms with Crippen LogP contribution in [-0.4, -0.2) is 5.91 Å². The minimum Gasteiger partial charge on any atom is -0.348 e. The summed E-state index contributed by atoms with van der Waals surface area (Å²) in [6, 6.07) is 5.80. The lowest BCUT2D eigenvalue weighted by molar-refractivity contribution is 0.0950. The second kappa shape index (κ2) is 5.84. The molecule has 1 N–H and O–H groups in total. The Bertz CT molecular complexity index is 577. The zero-order valence-corrected chi connectivity index (χ0v) is 13.3. The molecular weight excluding hydrogens is 357 g/mol. The van der Waals surface area contributed by atoms with E-state index < -0.39 is 0 Å². The zero-order valence-electron chi connectivity index (χ0n) is 10.3. The topological polar surface area (TPSA) is 29.1 Å². The van der Waals surface area contributed by atoms with Crippen molar-refractivity contribution in [3.05, 3.63) is 54.8 Å². The summed E-state index contributed by atoms with van der Waals surface area (Å²) < 4.78 is 1.02. The molecule has 0 radical (unpaired) electrons. The Morgan fingerprint density at radius 2 is 2.06 bits per heavy atom. The molecule has 4 heteroatoms. The number of rotatable bonds is 3. The molecule has 0 aliphatic rings. The predicted octanol–water partition coefficient (Wildman–Crippen LogP) is 3.90. The van der Waals surface area contributed by atoms with Gasteiger partial charge in [0.2, 0.25) is 0 Å². The molecule has 0 bridgehead atoms. The Morgan fingerprint density at radius 3 is 2.72 bits per heavy atom. The van der Waals surface area contributed by atoms with Gasteiger partial charge in [-0.3, -0.25) is 4.79 Å². The summed E-state index contributed by atoms with van der Waals surface area (Å²) in [6.45, 7) is 4.67. The lowest BCUT2D eigenvalue weighted by Gasteiger charge is -2.08. The number of hydrogen-bond acceptors (Lipinski definition) is 2. The maximum Gasteiger partial charge on any atom is 0.252 e. The fourth-order valence-electron chi connectivity index (χ4n) is 1.66. The molecule has 0 atom stereocenters. The first kappa shape index (κ1) is 13.5. The Morgan fingerprint density at radius 1 is 1.28 bits per heavy atom. The van der Waals surface area contributed by atoms with Gasteiger partial charge in [-0.15, -0.1) is 0 Å². The standard InChI is InChI=1S/C14H14INOS/c1-9-4-3-5-12(13(9)15)14(17)16-6-11-8-18-7-10(11)2/h3-5,7-8H,6H2,1-2H3,(H,16,17). The highest BCUT2D eigenvalue weighted by molar-refractivity contribution is 14.1. The Kier molecular flexibility index (Phi) is 4.40. The zero-order chi connectivity index (χ0) is 13.1. The minimum atomic E-state index is -0.00583. The number of benzene rings is 1. The highest BCUT2D eigenvalue weighted by Crippen LogP contribution is 2.17. The molecule has 1 aromatic heterocycles. The third kappa shape index (κ3) is 2.92. The van der Waals surface area contributed by atoms with E-state index in [-0.39, 0.29) is 5.91 Å². The van der Waals surface area contributed by atoms with Crippen molar-refractivity contribution in [2.75, 3.05) is 0 Å². The summed E-state index contributed by atoms with van der Waals surface area (Å²) in [7, 11) is 0. The van der Waals surface area contributed by atoms with Crippen LogP contribution in [0.5, 0.6) is 0 Å². The third-order valence-electron chi connectivity index (χ3n) is 2.84. The Balaban J connectivity index is 2.09. The normalized spacial score (nSPS) is 10.4. The number of amides is 1. The van der Waals surface area contributed by atoms with Crippen LogP contribution >= 0.6 is 33.9 Å². The lowest BCUT2D eigenvalue weighted by atomic mass is 10.1. The first-order chi connectivity index (χ1) is 8.59. The number of carbonyl (C=O) groups is 1. The van der Waals surface area contributed by atoms with Gasteiger partial charge >= 0.3 is 0 Å². The minimum absolute atomic E-state index is 0.00583. The quantitative estimate of drug-likeness (QED) is 0.815. The molecule has 0 aliphatic heterocycles. The Hall–Kier alpha value is -0.880. The van der Waals surface area contributed by atoms with Crippen LogP contribution in [0.4, 0.5) is 0 Å². The molecule has 0 aliphatic carbocycles. The van der Waals surface area contributed by atoms with Crippen molar-refractivity contribution in [1.82, 2.24) is 5.32 Å². The molecule has 18 heavy (non-hydrogen) atoms. The summed E-state index contributed by atoms with van der Waals surface area (Å²) in [4.78, 5) is 12.1.